The predicted molar refractivity (Wildman–Crippen MR) is 93.2 cm³/mol. The summed E-state index contributed by atoms with van der Waals surface area (Å²) in [4.78, 5) is 17.6. The number of amides is 1. The van der Waals surface area contributed by atoms with Crippen molar-refractivity contribution < 1.29 is 4.79 Å². The first-order valence-electron chi connectivity index (χ1n) is 7.94. The van der Waals surface area contributed by atoms with Crippen molar-refractivity contribution in [3.05, 3.63) is 40.9 Å². The van der Waals surface area contributed by atoms with E-state index in [4.69, 9.17) is 0 Å². The SMILES string of the molecule is Cc1ccc(Sc2ccc(C(=O)N[C@@H]3C[C@H]4CC[C@@H]3N4)s2)nc1. The molecule has 2 bridgehead atoms. The van der Waals surface area contributed by atoms with Gasteiger partial charge in [-0.05, 0) is 49.9 Å². The minimum absolute atomic E-state index is 0.0538. The summed E-state index contributed by atoms with van der Waals surface area (Å²) in [7, 11) is 0. The van der Waals surface area contributed by atoms with E-state index in [1.807, 2.05) is 31.3 Å². The molecule has 23 heavy (non-hydrogen) atoms. The van der Waals surface area contributed by atoms with Crippen molar-refractivity contribution >= 4 is 29.0 Å². The van der Waals surface area contributed by atoms with Gasteiger partial charge < -0.3 is 10.6 Å². The van der Waals surface area contributed by atoms with Crippen LogP contribution in [0.2, 0.25) is 0 Å². The normalized spacial score (nSPS) is 25.7. The lowest BCUT2D eigenvalue weighted by Gasteiger charge is -2.20. The molecule has 2 aromatic rings. The van der Waals surface area contributed by atoms with Crippen LogP contribution in [-0.2, 0) is 0 Å². The topological polar surface area (TPSA) is 54.0 Å². The molecule has 0 aromatic carbocycles. The molecule has 0 saturated carbocycles. The van der Waals surface area contributed by atoms with Crippen molar-refractivity contribution in [1.82, 2.24) is 15.6 Å². The number of hydrogen-bond donors (Lipinski definition) is 2. The Hall–Kier alpha value is -1.37. The maximum atomic E-state index is 12.4. The molecule has 0 radical (unpaired) electrons. The van der Waals surface area contributed by atoms with E-state index in [2.05, 4.69) is 21.7 Å². The van der Waals surface area contributed by atoms with Gasteiger partial charge in [0.2, 0.25) is 0 Å². The van der Waals surface area contributed by atoms with Gasteiger partial charge in [0.25, 0.3) is 5.91 Å². The molecule has 2 aliphatic heterocycles. The van der Waals surface area contributed by atoms with Crippen LogP contribution < -0.4 is 10.6 Å². The molecular weight excluding hydrogens is 326 g/mol. The number of aryl methyl sites for hydroxylation is 1. The highest BCUT2D eigenvalue weighted by atomic mass is 32.2. The molecule has 2 aromatic heterocycles. The molecule has 120 valence electrons. The molecule has 0 unspecified atom stereocenters. The Labute approximate surface area is 144 Å². The Morgan fingerprint density at radius 2 is 2.26 bits per heavy atom. The fourth-order valence-corrected chi connectivity index (χ4v) is 5.25. The molecule has 3 atom stereocenters. The zero-order valence-electron chi connectivity index (χ0n) is 12.9. The van der Waals surface area contributed by atoms with Crippen LogP contribution in [0.4, 0.5) is 0 Å². The van der Waals surface area contributed by atoms with Crippen molar-refractivity contribution in [2.45, 2.75) is 53.5 Å². The maximum Gasteiger partial charge on any atom is 0.261 e. The first kappa shape index (κ1) is 15.2. The van der Waals surface area contributed by atoms with Gasteiger partial charge in [0.15, 0.2) is 0 Å². The van der Waals surface area contributed by atoms with Gasteiger partial charge in [-0.3, -0.25) is 4.79 Å². The van der Waals surface area contributed by atoms with E-state index < -0.39 is 0 Å². The van der Waals surface area contributed by atoms with Gasteiger partial charge in [0.1, 0.15) is 5.03 Å². The first-order chi connectivity index (χ1) is 11.2. The monoisotopic (exact) mass is 345 g/mol. The molecule has 6 heteroatoms. The maximum absolute atomic E-state index is 12.4. The van der Waals surface area contributed by atoms with Crippen LogP contribution >= 0.6 is 23.1 Å². The number of carbonyl (C=O) groups excluding carboxylic acids is 1. The summed E-state index contributed by atoms with van der Waals surface area (Å²) in [6.07, 6.45) is 5.36. The third kappa shape index (κ3) is 3.29. The third-order valence-corrected chi connectivity index (χ3v) is 6.68. The average Bonchev–Trinajstić information content (AvgIpc) is 3.26. The van der Waals surface area contributed by atoms with Crippen molar-refractivity contribution in [3.8, 4) is 0 Å². The van der Waals surface area contributed by atoms with Crippen molar-refractivity contribution in [2.75, 3.05) is 0 Å². The fourth-order valence-electron chi connectivity index (χ4n) is 3.34. The van der Waals surface area contributed by atoms with Crippen molar-refractivity contribution in [1.29, 1.82) is 0 Å². The number of nitrogens with zero attached hydrogens (tertiary/aromatic N) is 1. The van der Waals surface area contributed by atoms with Crippen molar-refractivity contribution in [2.24, 2.45) is 0 Å². The van der Waals surface area contributed by atoms with Crippen molar-refractivity contribution in [3.63, 3.8) is 0 Å². The zero-order chi connectivity index (χ0) is 15.8. The minimum atomic E-state index is 0.0538. The van der Waals surface area contributed by atoms with E-state index in [0.29, 0.717) is 18.1 Å². The first-order valence-corrected chi connectivity index (χ1v) is 9.58. The lowest BCUT2D eigenvalue weighted by atomic mass is 9.95. The standard InChI is InChI=1S/C17H19N3OS2/c1-10-2-6-15(18-9-10)23-16-7-5-14(22-16)17(21)20-13-8-11-3-4-12(13)19-11/h2,5-7,9,11-13,19H,3-4,8H2,1H3,(H,20,21)/t11-,12+,13-/m1/s1. The van der Waals surface area contributed by atoms with E-state index in [9.17, 15) is 4.79 Å². The summed E-state index contributed by atoms with van der Waals surface area (Å²) in [6, 6.07) is 9.35. The van der Waals surface area contributed by atoms with Crippen LogP contribution in [0.1, 0.15) is 34.5 Å². The average molecular weight is 345 g/mol. The van der Waals surface area contributed by atoms with Gasteiger partial charge in [0.05, 0.1) is 9.09 Å². The molecular formula is C17H19N3OS2. The van der Waals surface area contributed by atoms with Gasteiger partial charge in [-0.25, -0.2) is 4.98 Å². The molecule has 2 N–H and O–H groups in total. The highest BCUT2D eigenvalue weighted by Crippen LogP contribution is 2.33. The number of thiophene rings is 1. The summed E-state index contributed by atoms with van der Waals surface area (Å²) in [5, 5.41) is 7.71. The van der Waals surface area contributed by atoms with E-state index in [0.717, 1.165) is 26.1 Å². The molecule has 0 spiro atoms. The third-order valence-electron chi connectivity index (χ3n) is 4.51. The number of nitrogens with one attached hydrogen (secondary N) is 2. The van der Waals surface area contributed by atoms with Crippen LogP contribution in [0.25, 0.3) is 0 Å². The molecule has 4 rings (SSSR count). The summed E-state index contributed by atoms with van der Waals surface area (Å²) >= 11 is 3.14. The second-order valence-corrected chi connectivity index (χ2v) is 8.66. The quantitative estimate of drug-likeness (QED) is 0.893. The number of carbonyl (C=O) groups is 1. The number of hydrogen-bond acceptors (Lipinski definition) is 5. The van der Waals surface area contributed by atoms with Gasteiger partial charge in [-0.1, -0.05) is 17.8 Å². The summed E-state index contributed by atoms with van der Waals surface area (Å²) in [5.41, 5.74) is 1.15. The van der Waals surface area contributed by atoms with Gasteiger partial charge in [-0.2, -0.15) is 0 Å². The molecule has 2 fully saturated rings. The number of aromatic nitrogens is 1. The second kappa shape index (κ2) is 6.26. The minimum Gasteiger partial charge on any atom is -0.347 e. The lowest BCUT2D eigenvalue weighted by molar-refractivity contribution is 0.0935. The van der Waals surface area contributed by atoms with Gasteiger partial charge in [0, 0.05) is 24.3 Å². The Bertz CT molecular complexity index is 713. The number of rotatable bonds is 4. The lowest BCUT2D eigenvalue weighted by Crippen LogP contribution is -2.42. The molecule has 4 nitrogen and oxygen atoms in total. The van der Waals surface area contributed by atoms with Crippen LogP contribution in [0, 0.1) is 6.92 Å². The summed E-state index contributed by atoms with van der Waals surface area (Å²) < 4.78 is 1.09. The van der Waals surface area contributed by atoms with Gasteiger partial charge in [-0.15, -0.1) is 11.3 Å². The zero-order valence-corrected chi connectivity index (χ0v) is 14.5. The van der Waals surface area contributed by atoms with Crippen LogP contribution in [-0.4, -0.2) is 29.0 Å². The smallest absolute Gasteiger partial charge is 0.261 e. The fraction of sp³-hybridized carbons (Fsp3) is 0.412. The highest BCUT2D eigenvalue weighted by Gasteiger charge is 2.39. The highest BCUT2D eigenvalue weighted by molar-refractivity contribution is 8.01. The molecule has 1 amide bonds. The number of fused-ring (bicyclic) bond motifs is 2. The Kier molecular flexibility index (Phi) is 4.13. The van der Waals surface area contributed by atoms with E-state index >= 15 is 0 Å². The number of pyridine rings is 1. The molecule has 2 saturated heterocycles. The van der Waals surface area contributed by atoms with Crippen LogP contribution in [0.15, 0.2) is 39.7 Å². The van der Waals surface area contributed by atoms with Crippen LogP contribution in [0.5, 0.6) is 0 Å². The molecule has 2 aliphatic rings. The molecule has 4 heterocycles. The summed E-state index contributed by atoms with van der Waals surface area (Å²) in [6.45, 7) is 2.03. The summed E-state index contributed by atoms with van der Waals surface area (Å²) in [5.74, 6) is 0.0538. The molecule has 0 aliphatic carbocycles. The second-order valence-electron chi connectivity index (χ2n) is 6.26. The van der Waals surface area contributed by atoms with Gasteiger partial charge >= 0.3 is 0 Å². The Balaban J connectivity index is 1.39. The van der Waals surface area contributed by atoms with E-state index in [-0.39, 0.29) is 5.91 Å². The van der Waals surface area contributed by atoms with E-state index in [1.165, 1.54) is 24.2 Å². The largest absolute Gasteiger partial charge is 0.347 e. The Morgan fingerprint density at radius 1 is 1.35 bits per heavy atom. The predicted octanol–water partition coefficient (Wildman–Crippen LogP) is 3.23. The van der Waals surface area contributed by atoms with E-state index in [1.54, 1.807) is 11.8 Å². The van der Waals surface area contributed by atoms with Crippen LogP contribution in [0.3, 0.4) is 0 Å². The Morgan fingerprint density at radius 3 is 2.96 bits per heavy atom.